The Balaban J connectivity index is 1.51. The third-order valence-electron chi connectivity index (χ3n) is 8.90. The molecule has 0 saturated heterocycles. The van der Waals surface area contributed by atoms with Gasteiger partial charge in [-0.2, -0.15) is 5.26 Å². The number of ketones is 2. The molecule has 3 aromatic rings. The zero-order valence-electron chi connectivity index (χ0n) is 19.1. The number of para-hydroxylation sites is 1. The van der Waals surface area contributed by atoms with Crippen LogP contribution in [-0.4, -0.2) is 17.7 Å². The molecule has 168 valence electrons. The fraction of sp³-hybridized carbons (Fsp3) is 0.300. The first-order valence-electron chi connectivity index (χ1n) is 11.7. The van der Waals surface area contributed by atoms with E-state index in [9.17, 15) is 14.9 Å². The van der Waals surface area contributed by atoms with Crippen molar-refractivity contribution in [2.45, 2.75) is 25.4 Å². The molecule has 0 bridgehead atoms. The van der Waals surface area contributed by atoms with Crippen molar-refractivity contribution in [1.82, 2.24) is 0 Å². The molecular weight excluding hydrogens is 422 g/mol. The molecule has 6 atom stereocenters. The summed E-state index contributed by atoms with van der Waals surface area (Å²) in [5.41, 5.74) is -0.763. The van der Waals surface area contributed by atoms with E-state index in [1.807, 2.05) is 97.9 Å². The average molecular weight is 448 g/mol. The van der Waals surface area contributed by atoms with Crippen molar-refractivity contribution >= 4 is 11.6 Å². The fourth-order valence-corrected chi connectivity index (χ4v) is 7.23. The molecular formula is C30H25NO3. The Morgan fingerprint density at radius 3 is 1.76 bits per heavy atom. The van der Waals surface area contributed by atoms with Gasteiger partial charge in [-0.3, -0.25) is 9.59 Å². The van der Waals surface area contributed by atoms with Gasteiger partial charge in [-0.25, -0.2) is 0 Å². The molecule has 0 amide bonds. The molecule has 34 heavy (non-hydrogen) atoms. The number of fused-ring (bicyclic) bond motifs is 2. The lowest BCUT2D eigenvalue weighted by Gasteiger charge is -2.57. The molecule has 3 aliphatic rings. The zero-order chi connectivity index (χ0) is 23.7. The van der Waals surface area contributed by atoms with Crippen molar-refractivity contribution in [1.29, 1.82) is 5.26 Å². The van der Waals surface area contributed by atoms with Crippen molar-refractivity contribution < 1.29 is 14.3 Å². The van der Waals surface area contributed by atoms with E-state index in [-0.39, 0.29) is 11.6 Å². The minimum atomic E-state index is -1.05. The first kappa shape index (κ1) is 20.9. The van der Waals surface area contributed by atoms with E-state index in [2.05, 4.69) is 6.07 Å². The number of benzene rings is 3. The van der Waals surface area contributed by atoms with Crippen LogP contribution in [-0.2, 0) is 15.0 Å². The topological polar surface area (TPSA) is 67.2 Å². The molecule has 0 aliphatic heterocycles. The highest BCUT2D eigenvalue weighted by molar-refractivity contribution is 6.14. The molecule has 0 radical (unpaired) electrons. The summed E-state index contributed by atoms with van der Waals surface area (Å²) < 4.78 is 6.20. The summed E-state index contributed by atoms with van der Waals surface area (Å²) >= 11 is 0. The molecule has 0 spiro atoms. The zero-order valence-corrected chi connectivity index (χ0v) is 19.1. The lowest BCUT2D eigenvalue weighted by atomic mass is 9.45. The van der Waals surface area contributed by atoms with Crippen molar-refractivity contribution in [2.24, 2.45) is 28.6 Å². The van der Waals surface area contributed by atoms with Crippen LogP contribution in [0.4, 0.5) is 0 Å². The molecule has 0 aromatic heterocycles. The van der Waals surface area contributed by atoms with E-state index < -0.39 is 40.1 Å². The second-order valence-electron chi connectivity index (χ2n) is 10.2. The van der Waals surface area contributed by atoms with Gasteiger partial charge >= 0.3 is 0 Å². The normalized spacial score (nSPS) is 34.7. The van der Waals surface area contributed by atoms with Gasteiger partial charge in [0.2, 0.25) is 0 Å². The Morgan fingerprint density at radius 1 is 0.765 bits per heavy atom. The molecule has 0 unspecified atom stereocenters. The van der Waals surface area contributed by atoms with E-state index in [0.717, 1.165) is 11.1 Å². The summed E-state index contributed by atoms with van der Waals surface area (Å²) in [7, 11) is 0. The van der Waals surface area contributed by atoms with Gasteiger partial charge in [-0.15, -0.1) is 0 Å². The van der Waals surface area contributed by atoms with Crippen LogP contribution in [0.1, 0.15) is 25.0 Å². The number of Topliss-reactive ketones (excluding diaryl/α,β-unsaturated/α-hetero) is 2. The van der Waals surface area contributed by atoms with Gasteiger partial charge in [0.05, 0.1) is 28.7 Å². The summed E-state index contributed by atoms with van der Waals surface area (Å²) in [5.74, 6) is -1.20. The van der Waals surface area contributed by atoms with Crippen molar-refractivity contribution in [3.8, 4) is 11.8 Å². The summed E-state index contributed by atoms with van der Waals surface area (Å²) in [6.45, 7) is 3.74. The Hall–Kier alpha value is -3.71. The van der Waals surface area contributed by atoms with E-state index in [4.69, 9.17) is 4.74 Å². The number of carbonyl (C=O) groups excluding carboxylic acids is 2. The summed E-state index contributed by atoms with van der Waals surface area (Å²) in [5, 5.41) is 10.1. The van der Waals surface area contributed by atoms with Crippen LogP contribution in [0.3, 0.4) is 0 Å². The van der Waals surface area contributed by atoms with Crippen LogP contribution >= 0.6 is 0 Å². The van der Waals surface area contributed by atoms with Gasteiger partial charge in [0, 0.05) is 11.3 Å². The maximum absolute atomic E-state index is 14.4. The first-order valence-corrected chi connectivity index (χ1v) is 11.7. The van der Waals surface area contributed by atoms with Crippen LogP contribution in [0.25, 0.3) is 0 Å². The number of hydrogen-bond acceptors (Lipinski definition) is 4. The van der Waals surface area contributed by atoms with Crippen LogP contribution in [0, 0.1) is 39.9 Å². The second kappa shape index (κ2) is 6.90. The maximum Gasteiger partial charge on any atom is 0.148 e. The van der Waals surface area contributed by atoms with E-state index in [1.54, 1.807) is 6.92 Å². The van der Waals surface area contributed by atoms with E-state index in [0.29, 0.717) is 5.75 Å². The van der Waals surface area contributed by atoms with Gasteiger partial charge in [0.25, 0.3) is 0 Å². The standard InChI is InChI=1S/C30H25NO3/c1-28-22(18-31)24(34-21-16-10-5-11-17-21)23(28)26(32)29(2)25(27(28)33)30(29,19-12-6-3-7-13-19)20-14-8-4-9-15-20/h3-17,22-25H,1-2H3/t22-,23+,24+,25-,28+,29-/m1/s1. The molecule has 3 aliphatic carbocycles. The van der Waals surface area contributed by atoms with Crippen LogP contribution in [0.2, 0.25) is 0 Å². The molecule has 3 saturated carbocycles. The smallest absolute Gasteiger partial charge is 0.148 e. The largest absolute Gasteiger partial charge is 0.488 e. The number of rotatable bonds is 4. The van der Waals surface area contributed by atoms with Crippen molar-refractivity contribution in [3.63, 3.8) is 0 Å². The summed E-state index contributed by atoms with van der Waals surface area (Å²) in [6.07, 6.45) is -0.642. The highest BCUT2D eigenvalue weighted by atomic mass is 16.5. The third-order valence-corrected chi connectivity index (χ3v) is 8.90. The fourth-order valence-electron chi connectivity index (χ4n) is 7.23. The Labute approximate surface area is 199 Å². The van der Waals surface area contributed by atoms with E-state index >= 15 is 0 Å². The number of hydrogen-bond donors (Lipinski definition) is 0. The summed E-state index contributed by atoms with van der Waals surface area (Å²) in [4.78, 5) is 28.7. The van der Waals surface area contributed by atoms with Gasteiger partial charge in [0.15, 0.2) is 0 Å². The quantitative estimate of drug-likeness (QED) is 0.566. The minimum Gasteiger partial charge on any atom is -0.488 e. The highest BCUT2D eigenvalue weighted by Gasteiger charge is 2.90. The monoisotopic (exact) mass is 447 g/mol. The van der Waals surface area contributed by atoms with Crippen LogP contribution in [0.15, 0.2) is 91.0 Å². The maximum atomic E-state index is 14.4. The van der Waals surface area contributed by atoms with Crippen LogP contribution in [0.5, 0.6) is 5.75 Å². The SMILES string of the molecule is C[C@@]12C(=O)[C@H]3C(c4ccccc4)(c4ccccc4)[C@@]3(C)C(=O)[C@@H]1[C@@H](Oc1ccccc1)[C@H]2C#N. The predicted molar refractivity (Wildman–Crippen MR) is 127 cm³/mol. The predicted octanol–water partition coefficient (Wildman–Crippen LogP) is 4.98. The third kappa shape index (κ3) is 2.23. The Kier molecular flexibility index (Phi) is 4.23. The van der Waals surface area contributed by atoms with Gasteiger partial charge in [-0.1, -0.05) is 92.7 Å². The lowest BCUT2D eigenvalue weighted by molar-refractivity contribution is -0.183. The molecule has 3 aromatic carbocycles. The Bertz CT molecular complexity index is 1290. The lowest BCUT2D eigenvalue weighted by Crippen LogP contribution is -2.70. The first-order chi connectivity index (χ1) is 16.4. The number of carbonyl (C=O) groups is 2. The van der Waals surface area contributed by atoms with Crippen LogP contribution < -0.4 is 4.74 Å². The number of nitriles is 1. The second-order valence-corrected chi connectivity index (χ2v) is 10.2. The summed E-state index contributed by atoms with van der Waals surface area (Å²) in [6, 6.07) is 31.3. The van der Waals surface area contributed by atoms with Gasteiger partial charge in [-0.05, 0) is 23.3 Å². The molecule has 4 nitrogen and oxygen atoms in total. The van der Waals surface area contributed by atoms with Crippen molar-refractivity contribution in [2.75, 3.05) is 0 Å². The number of nitrogens with zero attached hydrogens (tertiary/aromatic N) is 1. The minimum absolute atomic E-state index is 0.00627. The Morgan fingerprint density at radius 2 is 1.26 bits per heavy atom. The molecule has 0 N–H and O–H groups in total. The molecule has 6 rings (SSSR count). The van der Waals surface area contributed by atoms with Gasteiger partial charge in [0.1, 0.15) is 23.4 Å². The van der Waals surface area contributed by atoms with E-state index in [1.165, 1.54) is 0 Å². The highest BCUT2D eigenvalue weighted by Crippen LogP contribution is 2.80. The number of ether oxygens (including phenoxy) is 1. The molecule has 4 heteroatoms. The molecule has 3 fully saturated rings. The van der Waals surface area contributed by atoms with Gasteiger partial charge < -0.3 is 4.74 Å². The molecule has 0 heterocycles. The van der Waals surface area contributed by atoms with Crippen molar-refractivity contribution in [3.05, 3.63) is 102 Å². The average Bonchev–Trinajstić information content (AvgIpc) is 3.46.